The number of piperidine rings is 1. The molecule has 0 unspecified atom stereocenters. The van der Waals surface area contributed by atoms with Crippen LogP contribution in [0.5, 0.6) is 0 Å². The van der Waals surface area contributed by atoms with Gasteiger partial charge in [0.05, 0.1) is 22.6 Å². The Balaban J connectivity index is 1.81. The molecule has 2 aromatic rings. The van der Waals surface area contributed by atoms with Gasteiger partial charge in [0, 0.05) is 19.0 Å². The Kier molecular flexibility index (Phi) is 4.88. The first-order chi connectivity index (χ1) is 12.4. The summed E-state index contributed by atoms with van der Waals surface area (Å²) in [7, 11) is 0. The molecule has 0 radical (unpaired) electrons. The van der Waals surface area contributed by atoms with E-state index in [-0.39, 0.29) is 11.8 Å². The molecule has 3 rings (SSSR count). The number of carbonyl (C=O) groups is 3. The molecule has 1 aromatic heterocycles. The molecule has 1 aromatic carbocycles. The van der Waals surface area contributed by atoms with Gasteiger partial charge in [0.1, 0.15) is 0 Å². The summed E-state index contributed by atoms with van der Waals surface area (Å²) in [6.07, 6.45) is 0.991. The molecular weight excluding hydrogens is 332 g/mol. The number of Topliss-reactive ketones (excluding diaryl/α,β-unsaturated/α-hetero) is 1. The number of carbonyl (C=O) groups excluding carboxylic acids is 3. The molecule has 7 nitrogen and oxygen atoms in total. The minimum absolute atomic E-state index is 0.224. The number of benzene rings is 1. The lowest BCUT2D eigenvalue weighted by atomic mass is 9.95. The summed E-state index contributed by atoms with van der Waals surface area (Å²) >= 11 is 0. The highest BCUT2D eigenvalue weighted by Gasteiger charge is 2.32. The quantitative estimate of drug-likeness (QED) is 0.663. The number of aromatic nitrogens is 2. The summed E-state index contributed by atoms with van der Waals surface area (Å²) in [5, 5.41) is 4.43. The maximum atomic E-state index is 12.8. The molecule has 0 spiro atoms. The predicted molar refractivity (Wildman–Crippen MR) is 95.9 cm³/mol. The lowest BCUT2D eigenvalue weighted by molar-refractivity contribution is -0.131. The molecule has 0 atom stereocenters. The van der Waals surface area contributed by atoms with E-state index in [1.807, 2.05) is 30.3 Å². The van der Waals surface area contributed by atoms with Gasteiger partial charge >= 0.3 is 0 Å². The number of aryl methyl sites for hydroxylation is 1. The van der Waals surface area contributed by atoms with Crippen LogP contribution in [0.2, 0.25) is 0 Å². The van der Waals surface area contributed by atoms with Gasteiger partial charge in [-0.05, 0) is 38.8 Å². The molecule has 1 saturated heterocycles. The van der Waals surface area contributed by atoms with Crippen molar-refractivity contribution in [1.29, 1.82) is 0 Å². The zero-order valence-corrected chi connectivity index (χ0v) is 14.9. The van der Waals surface area contributed by atoms with E-state index < -0.39 is 11.7 Å². The Labute approximate surface area is 151 Å². The summed E-state index contributed by atoms with van der Waals surface area (Å²) in [6, 6.07) is 9.47. The number of hydrogen-bond acceptors (Lipinski definition) is 4. The third-order valence-electron chi connectivity index (χ3n) is 4.90. The Morgan fingerprint density at radius 1 is 1.08 bits per heavy atom. The molecular formula is C19H22N4O3. The van der Waals surface area contributed by atoms with E-state index in [2.05, 4.69) is 5.10 Å². The van der Waals surface area contributed by atoms with Gasteiger partial charge in [-0.15, -0.1) is 0 Å². The maximum Gasteiger partial charge on any atom is 0.295 e. The van der Waals surface area contributed by atoms with Crippen molar-refractivity contribution >= 4 is 17.6 Å². The van der Waals surface area contributed by atoms with E-state index in [0.717, 1.165) is 5.69 Å². The molecule has 1 fully saturated rings. The first kappa shape index (κ1) is 17.8. The SMILES string of the molecule is Cc1nn(-c2ccccc2)c(C)c1C(=O)C(=O)N1CCC(C(N)=O)CC1. The summed E-state index contributed by atoms with van der Waals surface area (Å²) in [4.78, 5) is 38.2. The van der Waals surface area contributed by atoms with Crippen molar-refractivity contribution in [1.82, 2.24) is 14.7 Å². The summed E-state index contributed by atoms with van der Waals surface area (Å²) in [5.41, 5.74) is 7.66. The molecule has 2 amide bonds. The standard InChI is InChI=1S/C19H22N4O3/c1-12-16(13(2)23(21-12)15-6-4-3-5-7-15)17(24)19(26)22-10-8-14(9-11-22)18(20)25/h3-7,14H,8-11H2,1-2H3,(H2,20,25). The first-order valence-corrected chi connectivity index (χ1v) is 8.64. The van der Waals surface area contributed by atoms with Crippen LogP contribution in [0.25, 0.3) is 5.69 Å². The molecule has 7 heteroatoms. The molecule has 136 valence electrons. The highest BCUT2D eigenvalue weighted by molar-refractivity contribution is 6.43. The second-order valence-electron chi connectivity index (χ2n) is 6.59. The molecule has 1 aliphatic rings. The number of para-hydroxylation sites is 1. The fraction of sp³-hybridized carbons (Fsp3) is 0.368. The summed E-state index contributed by atoms with van der Waals surface area (Å²) < 4.78 is 1.68. The molecule has 0 aliphatic carbocycles. The van der Waals surface area contributed by atoms with E-state index >= 15 is 0 Å². The highest BCUT2D eigenvalue weighted by atomic mass is 16.2. The maximum absolute atomic E-state index is 12.8. The molecule has 0 bridgehead atoms. The average Bonchev–Trinajstić information content (AvgIpc) is 2.95. The summed E-state index contributed by atoms with van der Waals surface area (Å²) in [5.74, 6) is -1.68. The fourth-order valence-corrected chi connectivity index (χ4v) is 3.41. The summed E-state index contributed by atoms with van der Waals surface area (Å²) in [6.45, 7) is 4.24. The monoisotopic (exact) mass is 354 g/mol. The van der Waals surface area contributed by atoms with Crippen molar-refractivity contribution in [3.05, 3.63) is 47.3 Å². The molecule has 2 heterocycles. The van der Waals surface area contributed by atoms with Gasteiger partial charge in [-0.3, -0.25) is 14.4 Å². The number of likely N-dealkylation sites (tertiary alicyclic amines) is 1. The molecule has 2 N–H and O–H groups in total. The molecule has 1 aliphatic heterocycles. The minimum atomic E-state index is -0.556. The van der Waals surface area contributed by atoms with Gasteiger partial charge in [0.2, 0.25) is 5.91 Å². The topological polar surface area (TPSA) is 98.3 Å². The van der Waals surface area contributed by atoms with E-state index in [4.69, 9.17) is 5.73 Å². The van der Waals surface area contributed by atoms with Crippen LogP contribution in [-0.2, 0) is 9.59 Å². The van der Waals surface area contributed by atoms with Gasteiger partial charge in [-0.1, -0.05) is 18.2 Å². The van der Waals surface area contributed by atoms with Gasteiger partial charge in [0.25, 0.3) is 11.7 Å². The fourth-order valence-electron chi connectivity index (χ4n) is 3.41. The molecule has 26 heavy (non-hydrogen) atoms. The normalized spacial score (nSPS) is 15.1. The minimum Gasteiger partial charge on any atom is -0.369 e. The largest absolute Gasteiger partial charge is 0.369 e. The van der Waals surface area contributed by atoms with Crippen LogP contribution in [0.15, 0.2) is 30.3 Å². The van der Waals surface area contributed by atoms with Crippen LogP contribution in [0.4, 0.5) is 0 Å². The van der Waals surface area contributed by atoms with Crippen molar-refractivity contribution in [2.75, 3.05) is 13.1 Å². The average molecular weight is 354 g/mol. The van der Waals surface area contributed by atoms with Crippen molar-refractivity contribution in [2.45, 2.75) is 26.7 Å². The number of rotatable bonds is 4. The van der Waals surface area contributed by atoms with Crippen LogP contribution >= 0.6 is 0 Å². The zero-order chi connectivity index (χ0) is 18.8. The third kappa shape index (κ3) is 3.24. The van der Waals surface area contributed by atoms with E-state index in [9.17, 15) is 14.4 Å². The number of ketones is 1. The number of amides is 2. The Hall–Kier alpha value is -2.96. The van der Waals surface area contributed by atoms with Crippen molar-refractivity contribution < 1.29 is 14.4 Å². The Bertz CT molecular complexity index is 849. The predicted octanol–water partition coefficient (Wildman–Crippen LogP) is 1.40. The first-order valence-electron chi connectivity index (χ1n) is 8.64. The lowest BCUT2D eigenvalue weighted by Gasteiger charge is -2.30. The zero-order valence-electron chi connectivity index (χ0n) is 14.9. The van der Waals surface area contributed by atoms with Crippen LogP contribution in [0.3, 0.4) is 0 Å². The third-order valence-corrected chi connectivity index (χ3v) is 4.90. The van der Waals surface area contributed by atoms with Gasteiger partial charge < -0.3 is 10.6 Å². The van der Waals surface area contributed by atoms with Gasteiger partial charge in [-0.2, -0.15) is 5.10 Å². The number of primary amides is 1. The lowest BCUT2D eigenvalue weighted by Crippen LogP contribution is -2.44. The number of hydrogen-bond donors (Lipinski definition) is 1. The van der Waals surface area contributed by atoms with Crippen molar-refractivity contribution in [3.8, 4) is 5.69 Å². The van der Waals surface area contributed by atoms with E-state index in [1.165, 1.54) is 4.90 Å². The van der Waals surface area contributed by atoms with Crippen LogP contribution in [0.1, 0.15) is 34.6 Å². The van der Waals surface area contributed by atoms with Crippen LogP contribution < -0.4 is 5.73 Å². The Morgan fingerprint density at radius 2 is 1.69 bits per heavy atom. The second-order valence-corrected chi connectivity index (χ2v) is 6.59. The van der Waals surface area contributed by atoms with Crippen LogP contribution in [0, 0.1) is 19.8 Å². The van der Waals surface area contributed by atoms with Gasteiger partial charge in [0.15, 0.2) is 0 Å². The van der Waals surface area contributed by atoms with Crippen molar-refractivity contribution in [2.24, 2.45) is 11.7 Å². The smallest absolute Gasteiger partial charge is 0.295 e. The number of nitrogens with zero attached hydrogens (tertiary/aromatic N) is 3. The van der Waals surface area contributed by atoms with E-state index in [1.54, 1.807) is 18.5 Å². The molecule has 0 saturated carbocycles. The van der Waals surface area contributed by atoms with Crippen molar-refractivity contribution in [3.63, 3.8) is 0 Å². The van der Waals surface area contributed by atoms with Gasteiger partial charge in [-0.25, -0.2) is 4.68 Å². The van der Waals surface area contributed by atoms with Crippen LogP contribution in [-0.4, -0.2) is 45.4 Å². The van der Waals surface area contributed by atoms with E-state index in [0.29, 0.717) is 42.9 Å². The second kappa shape index (κ2) is 7.11. The Morgan fingerprint density at radius 3 is 2.27 bits per heavy atom. The highest BCUT2D eigenvalue weighted by Crippen LogP contribution is 2.21. The number of nitrogens with two attached hydrogens (primary N) is 1.